The molecule has 104 valence electrons. The first-order valence-electron chi connectivity index (χ1n) is 7.25. The summed E-state index contributed by atoms with van der Waals surface area (Å²) in [5.74, 6) is 0.979. The first kappa shape index (κ1) is 12.6. The molecule has 0 aliphatic heterocycles. The van der Waals surface area contributed by atoms with Gasteiger partial charge in [0, 0.05) is 11.9 Å². The Morgan fingerprint density at radius 2 is 2.14 bits per heavy atom. The Balaban J connectivity index is 1.93. The van der Waals surface area contributed by atoms with Crippen LogP contribution >= 0.6 is 11.3 Å². The molecule has 4 heteroatoms. The number of benzene rings is 1. The maximum absolute atomic E-state index is 9.24. The van der Waals surface area contributed by atoms with Gasteiger partial charge in [-0.3, -0.25) is 0 Å². The normalized spacial score (nSPS) is 14.1. The lowest BCUT2D eigenvalue weighted by molar-refractivity contribution is 0.697. The van der Waals surface area contributed by atoms with Crippen molar-refractivity contribution in [1.29, 1.82) is 5.26 Å². The molecule has 0 saturated carbocycles. The third kappa shape index (κ3) is 1.89. The highest BCUT2D eigenvalue weighted by Gasteiger charge is 2.18. The van der Waals surface area contributed by atoms with Gasteiger partial charge in [0.1, 0.15) is 11.6 Å². The predicted octanol–water partition coefficient (Wildman–Crippen LogP) is 4.05. The monoisotopic (exact) mass is 293 g/mol. The molecule has 0 unspecified atom stereocenters. The van der Waals surface area contributed by atoms with Gasteiger partial charge in [0.05, 0.1) is 16.0 Å². The molecule has 3 aromatic rings. The zero-order valence-corrected chi connectivity index (χ0v) is 12.7. The van der Waals surface area contributed by atoms with E-state index in [-0.39, 0.29) is 0 Å². The Hall–Kier alpha value is -2.12. The van der Waals surface area contributed by atoms with Crippen LogP contribution in [-0.4, -0.2) is 9.55 Å². The fourth-order valence-corrected chi connectivity index (χ4v) is 4.40. The Kier molecular flexibility index (Phi) is 2.83. The average molecular weight is 293 g/mol. The third-order valence-corrected chi connectivity index (χ3v) is 5.48. The Labute approximate surface area is 127 Å². The fourth-order valence-electron chi connectivity index (χ4n) is 3.13. The second kappa shape index (κ2) is 4.71. The highest BCUT2D eigenvalue weighted by Crippen LogP contribution is 2.36. The largest absolute Gasteiger partial charge is 0.326 e. The molecule has 0 radical (unpaired) electrons. The van der Waals surface area contributed by atoms with E-state index in [4.69, 9.17) is 4.98 Å². The lowest BCUT2D eigenvalue weighted by atomic mass is 9.99. The summed E-state index contributed by atoms with van der Waals surface area (Å²) >= 11 is 1.87. The van der Waals surface area contributed by atoms with Crippen LogP contribution in [0.5, 0.6) is 0 Å². The minimum atomic E-state index is 0.649. The molecule has 0 bridgehead atoms. The van der Waals surface area contributed by atoms with Crippen molar-refractivity contribution in [2.75, 3.05) is 0 Å². The second-order valence-electron chi connectivity index (χ2n) is 5.55. The van der Waals surface area contributed by atoms with Crippen LogP contribution in [0.15, 0.2) is 24.3 Å². The molecule has 3 nitrogen and oxygen atoms in total. The standard InChI is InChI=1S/C17H15N3S/c1-20-13-7-4-6-12(10-18)16(13)19-17(20)15-9-11-5-2-3-8-14(11)21-15/h4,6-7,9H,2-3,5,8H2,1H3. The van der Waals surface area contributed by atoms with E-state index in [2.05, 4.69) is 16.7 Å². The molecule has 2 aromatic heterocycles. The maximum atomic E-state index is 9.24. The number of imidazole rings is 1. The van der Waals surface area contributed by atoms with E-state index in [0.717, 1.165) is 16.9 Å². The van der Waals surface area contributed by atoms with Gasteiger partial charge in [0.2, 0.25) is 0 Å². The van der Waals surface area contributed by atoms with Crippen LogP contribution in [0.2, 0.25) is 0 Å². The van der Waals surface area contributed by atoms with Crippen molar-refractivity contribution < 1.29 is 0 Å². The Morgan fingerprint density at radius 1 is 1.29 bits per heavy atom. The van der Waals surface area contributed by atoms with Gasteiger partial charge in [-0.05, 0) is 49.4 Å². The SMILES string of the molecule is Cn1c(-c2cc3c(s2)CCCC3)nc2c(C#N)cccc21. The maximum Gasteiger partial charge on any atom is 0.151 e. The van der Waals surface area contributed by atoms with Crippen LogP contribution in [0.4, 0.5) is 0 Å². The van der Waals surface area contributed by atoms with Gasteiger partial charge in [0.15, 0.2) is 5.82 Å². The molecule has 1 aliphatic rings. The molecule has 0 saturated heterocycles. The zero-order valence-electron chi connectivity index (χ0n) is 11.9. The summed E-state index contributed by atoms with van der Waals surface area (Å²) in [6.07, 6.45) is 4.99. The second-order valence-corrected chi connectivity index (χ2v) is 6.68. The molecule has 21 heavy (non-hydrogen) atoms. The Bertz CT molecular complexity index is 856. The van der Waals surface area contributed by atoms with Crippen molar-refractivity contribution >= 4 is 22.4 Å². The molecule has 0 atom stereocenters. The lowest BCUT2D eigenvalue weighted by Crippen LogP contribution is -1.96. The van der Waals surface area contributed by atoms with E-state index < -0.39 is 0 Å². The summed E-state index contributed by atoms with van der Waals surface area (Å²) < 4.78 is 2.10. The number of nitrogens with zero attached hydrogens (tertiary/aromatic N) is 3. The quantitative estimate of drug-likeness (QED) is 0.679. The molecular formula is C17H15N3S. The van der Waals surface area contributed by atoms with E-state index in [1.807, 2.05) is 36.6 Å². The minimum Gasteiger partial charge on any atom is -0.326 e. The van der Waals surface area contributed by atoms with E-state index in [1.165, 1.54) is 41.0 Å². The molecule has 1 aliphatic carbocycles. The van der Waals surface area contributed by atoms with Crippen molar-refractivity contribution in [3.05, 3.63) is 40.3 Å². The summed E-state index contributed by atoms with van der Waals surface area (Å²) in [7, 11) is 2.03. The van der Waals surface area contributed by atoms with Gasteiger partial charge >= 0.3 is 0 Å². The van der Waals surface area contributed by atoms with E-state index in [1.54, 1.807) is 0 Å². The van der Waals surface area contributed by atoms with E-state index in [0.29, 0.717) is 5.56 Å². The van der Waals surface area contributed by atoms with Gasteiger partial charge in [-0.25, -0.2) is 4.98 Å². The van der Waals surface area contributed by atoms with E-state index in [9.17, 15) is 5.26 Å². The number of nitriles is 1. The highest BCUT2D eigenvalue weighted by molar-refractivity contribution is 7.15. The molecule has 0 N–H and O–H groups in total. The molecule has 2 heterocycles. The van der Waals surface area contributed by atoms with Crippen LogP contribution in [0.1, 0.15) is 28.8 Å². The fraction of sp³-hybridized carbons (Fsp3) is 0.294. The van der Waals surface area contributed by atoms with Crippen molar-refractivity contribution in [2.24, 2.45) is 7.05 Å². The molecule has 0 spiro atoms. The number of aryl methyl sites for hydroxylation is 3. The van der Waals surface area contributed by atoms with Crippen molar-refractivity contribution in [3.8, 4) is 16.8 Å². The van der Waals surface area contributed by atoms with Gasteiger partial charge in [-0.1, -0.05) is 6.07 Å². The van der Waals surface area contributed by atoms with Crippen LogP contribution in [0.3, 0.4) is 0 Å². The van der Waals surface area contributed by atoms with Crippen molar-refractivity contribution in [2.45, 2.75) is 25.7 Å². The first-order chi connectivity index (χ1) is 10.3. The number of aromatic nitrogens is 2. The topological polar surface area (TPSA) is 41.6 Å². The number of hydrogen-bond acceptors (Lipinski definition) is 3. The van der Waals surface area contributed by atoms with Gasteiger partial charge in [-0.15, -0.1) is 11.3 Å². The van der Waals surface area contributed by atoms with Crippen LogP contribution < -0.4 is 0 Å². The molecule has 0 fully saturated rings. The summed E-state index contributed by atoms with van der Waals surface area (Å²) in [4.78, 5) is 7.49. The number of thiophene rings is 1. The molecule has 1 aromatic carbocycles. The number of rotatable bonds is 1. The average Bonchev–Trinajstić information content (AvgIpc) is 3.08. The summed E-state index contributed by atoms with van der Waals surface area (Å²) in [5.41, 5.74) is 3.98. The number of para-hydroxylation sites is 1. The third-order valence-electron chi connectivity index (χ3n) is 4.25. The van der Waals surface area contributed by atoms with Gasteiger partial charge in [0.25, 0.3) is 0 Å². The predicted molar refractivity (Wildman–Crippen MR) is 85.4 cm³/mol. The summed E-state index contributed by atoms with van der Waals surface area (Å²) in [6.45, 7) is 0. The van der Waals surface area contributed by atoms with Gasteiger partial charge in [-0.2, -0.15) is 5.26 Å². The number of fused-ring (bicyclic) bond motifs is 2. The summed E-state index contributed by atoms with van der Waals surface area (Å²) in [6, 6.07) is 10.3. The van der Waals surface area contributed by atoms with Crippen LogP contribution in [0.25, 0.3) is 21.7 Å². The van der Waals surface area contributed by atoms with E-state index >= 15 is 0 Å². The molecule has 0 amide bonds. The lowest BCUT2D eigenvalue weighted by Gasteiger charge is -2.08. The summed E-state index contributed by atoms with van der Waals surface area (Å²) in [5, 5.41) is 9.24. The van der Waals surface area contributed by atoms with Gasteiger partial charge < -0.3 is 4.57 Å². The first-order valence-corrected chi connectivity index (χ1v) is 8.07. The Morgan fingerprint density at radius 3 is 2.95 bits per heavy atom. The van der Waals surface area contributed by atoms with Crippen molar-refractivity contribution in [1.82, 2.24) is 9.55 Å². The molecular weight excluding hydrogens is 278 g/mol. The highest BCUT2D eigenvalue weighted by atomic mass is 32.1. The van der Waals surface area contributed by atoms with Crippen molar-refractivity contribution in [3.63, 3.8) is 0 Å². The number of hydrogen-bond donors (Lipinski definition) is 0. The smallest absolute Gasteiger partial charge is 0.151 e. The zero-order chi connectivity index (χ0) is 14.4. The molecule has 4 rings (SSSR count). The minimum absolute atomic E-state index is 0.649. The van der Waals surface area contributed by atoms with Crippen LogP contribution in [-0.2, 0) is 19.9 Å². The van der Waals surface area contributed by atoms with Crippen LogP contribution in [0, 0.1) is 11.3 Å².